The van der Waals surface area contributed by atoms with Gasteiger partial charge in [0, 0.05) is 12.1 Å². The SMILES string of the molecule is CCC(CC1CC1)NC(=O)c1cccc([N+](=O)[O-])c1Cl. The third-order valence-corrected chi connectivity index (χ3v) is 3.96. The Labute approximate surface area is 122 Å². The van der Waals surface area contributed by atoms with Gasteiger partial charge in [-0.15, -0.1) is 0 Å². The lowest BCUT2D eigenvalue weighted by atomic mass is 10.1. The fraction of sp³-hybridized carbons (Fsp3) is 0.500. The first-order chi connectivity index (χ1) is 9.52. The number of halogens is 1. The van der Waals surface area contributed by atoms with Gasteiger partial charge in [0.25, 0.3) is 11.6 Å². The first kappa shape index (κ1) is 14.8. The molecule has 1 atom stereocenters. The smallest absolute Gasteiger partial charge is 0.288 e. The molecule has 2 rings (SSSR count). The molecule has 6 heteroatoms. The van der Waals surface area contributed by atoms with Crippen molar-refractivity contribution < 1.29 is 9.72 Å². The molecule has 0 heterocycles. The van der Waals surface area contributed by atoms with Gasteiger partial charge in [0.15, 0.2) is 0 Å². The fourth-order valence-electron chi connectivity index (χ4n) is 2.18. The topological polar surface area (TPSA) is 72.2 Å². The Hall–Kier alpha value is -1.62. The zero-order valence-electron chi connectivity index (χ0n) is 11.3. The quantitative estimate of drug-likeness (QED) is 0.644. The van der Waals surface area contributed by atoms with Crippen LogP contribution in [0.4, 0.5) is 5.69 Å². The highest BCUT2D eigenvalue weighted by molar-refractivity contribution is 6.35. The van der Waals surface area contributed by atoms with Gasteiger partial charge in [-0.3, -0.25) is 14.9 Å². The molecule has 0 spiro atoms. The molecule has 108 valence electrons. The lowest BCUT2D eigenvalue weighted by Crippen LogP contribution is -2.35. The number of nitrogens with one attached hydrogen (secondary N) is 1. The number of carbonyl (C=O) groups excluding carboxylic acids is 1. The molecule has 1 amide bonds. The third kappa shape index (κ3) is 3.48. The first-order valence-electron chi connectivity index (χ1n) is 6.76. The second-order valence-electron chi connectivity index (χ2n) is 5.15. The van der Waals surface area contributed by atoms with E-state index in [1.54, 1.807) is 0 Å². The fourth-order valence-corrected chi connectivity index (χ4v) is 2.46. The molecule has 0 saturated heterocycles. The summed E-state index contributed by atoms with van der Waals surface area (Å²) in [6.45, 7) is 2.02. The van der Waals surface area contributed by atoms with E-state index in [1.807, 2.05) is 6.92 Å². The van der Waals surface area contributed by atoms with Crippen molar-refractivity contribution in [3.63, 3.8) is 0 Å². The Morgan fingerprint density at radius 2 is 2.25 bits per heavy atom. The van der Waals surface area contributed by atoms with Gasteiger partial charge < -0.3 is 5.32 Å². The Kier molecular flexibility index (Phi) is 4.60. The van der Waals surface area contributed by atoms with Gasteiger partial charge in [-0.25, -0.2) is 0 Å². The van der Waals surface area contributed by atoms with Crippen LogP contribution >= 0.6 is 11.6 Å². The molecule has 1 N–H and O–H groups in total. The van der Waals surface area contributed by atoms with E-state index in [4.69, 9.17) is 11.6 Å². The molecule has 0 radical (unpaired) electrons. The second-order valence-corrected chi connectivity index (χ2v) is 5.53. The lowest BCUT2D eigenvalue weighted by Gasteiger charge is -2.17. The van der Waals surface area contributed by atoms with Crippen molar-refractivity contribution in [2.75, 3.05) is 0 Å². The lowest BCUT2D eigenvalue weighted by molar-refractivity contribution is -0.384. The number of nitro benzene ring substituents is 1. The third-order valence-electron chi connectivity index (χ3n) is 3.56. The molecular formula is C14H17ClN2O3. The Bertz CT molecular complexity index is 529. The number of nitro groups is 1. The predicted octanol–water partition coefficient (Wildman–Crippen LogP) is 3.56. The van der Waals surface area contributed by atoms with E-state index in [9.17, 15) is 14.9 Å². The highest BCUT2D eigenvalue weighted by Gasteiger charge is 2.27. The number of carbonyl (C=O) groups is 1. The standard InChI is InChI=1S/C14H17ClN2O3/c1-2-10(8-9-6-7-9)16-14(18)11-4-3-5-12(13(11)15)17(19)20/h3-5,9-10H,2,6-8H2,1H3,(H,16,18). The van der Waals surface area contributed by atoms with E-state index in [2.05, 4.69) is 5.32 Å². The molecule has 0 aromatic heterocycles. The average Bonchev–Trinajstić information content (AvgIpc) is 3.21. The van der Waals surface area contributed by atoms with Crippen molar-refractivity contribution >= 4 is 23.2 Å². The molecule has 1 unspecified atom stereocenters. The summed E-state index contributed by atoms with van der Waals surface area (Å²) in [4.78, 5) is 22.4. The summed E-state index contributed by atoms with van der Waals surface area (Å²) in [6.07, 6.45) is 4.26. The number of hydrogen-bond donors (Lipinski definition) is 1. The average molecular weight is 297 g/mol. The van der Waals surface area contributed by atoms with Crippen molar-refractivity contribution in [2.45, 2.75) is 38.6 Å². The van der Waals surface area contributed by atoms with Crippen LogP contribution in [0, 0.1) is 16.0 Å². The Morgan fingerprint density at radius 1 is 1.55 bits per heavy atom. The summed E-state index contributed by atoms with van der Waals surface area (Å²) in [7, 11) is 0. The van der Waals surface area contributed by atoms with Gasteiger partial charge in [0.2, 0.25) is 0 Å². The summed E-state index contributed by atoms with van der Waals surface area (Å²) in [5.41, 5.74) is -0.0790. The van der Waals surface area contributed by atoms with Gasteiger partial charge in [-0.2, -0.15) is 0 Å². The largest absolute Gasteiger partial charge is 0.349 e. The molecule has 1 aliphatic rings. The zero-order chi connectivity index (χ0) is 14.7. The highest BCUT2D eigenvalue weighted by atomic mass is 35.5. The van der Waals surface area contributed by atoms with Gasteiger partial charge >= 0.3 is 0 Å². The molecule has 20 heavy (non-hydrogen) atoms. The van der Waals surface area contributed by atoms with Crippen molar-refractivity contribution in [2.24, 2.45) is 5.92 Å². The normalized spacial score (nSPS) is 15.7. The summed E-state index contributed by atoms with van der Waals surface area (Å²) in [5.74, 6) is 0.368. The first-order valence-corrected chi connectivity index (χ1v) is 7.14. The molecule has 1 aromatic carbocycles. The maximum Gasteiger partial charge on any atom is 0.288 e. The van der Waals surface area contributed by atoms with Crippen LogP contribution in [-0.4, -0.2) is 16.9 Å². The maximum absolute atomic E-state index is 12.2. The maximum atomic E-state index is 12.2. The van der Waals surface area contributed by atoms with Crippen molar-refractivity contribution in [3.8, 4) is 0 Å². The molecule has 0 bridgehead atoms. The Balaban J connectivity index is 2.11. The van der Waals surface area contributed by atoms with Crippen LogP contribution in [0.3, 0.4) is 0 Å². The molecule has 1 aromatic rings. The summed E-state index contributed by atoms with van der Waals surface area (Å²) in [5, 5.41) is 13.6. The van der Waals surface area contributed by atoms with Crippen LogP contribution < -0.4 is 5.32 Å². The summed E-state index contributed by atoms with van der Waals surface area (Å²) < 4.78 is 0. The second kappa shape index (κ2) is 6.22. The zero-order valence-corrected chi connectivity index (χ0v) is 12.0. The van der Waals surface area contributed by atoms with Crippen LogP contribution in [0.1, 0.15) is 43.0 Å². The summed E-state index contributed by atoms with van der Waals surface area (Å²) >= 11 is 5.94. The van der Waals surface area contributed by atoms with Crippen molar-refractivity contribution in [3.05, 3.63) is 38.9 Å². The predicted molar refractivity (Wildman–Crippen MR) is 77.0 cm³/mol. The van der Waals surface area contributed by atoms with Crippen LogP contribution in [0.15, 0.2) is 18.2 Å². The molecular weight excluding hydrogens is 280 g/mol. The number of benzene rings is 1. The van der Waals surface area contributed by atoms with E-state index in [-0.39, 0.29) is 28.2 Å². The van der Waals surface area contributed by atoms with Gasteiger partial charge in [-0.1, -0.05) is 37.4 Å². The number of rotatable bonds is 6. The van der Waals surface area contributed by atoms with E-state index in [0.717, 1.165) is 12.8 Å². The molecule has 1 fully saturated rings. The number of nitrogens with zero attached hydrogens (tertiary/aromatic N) is 1. The molecule has 5 nitrogen and oxygen atoms in total. The van der Waals surface area contributed by atoms with E-state index < -0.39 is 4.92 Å². The van der Waals surface area contributed by atoms with Crippen LogP contribution in [0.2, 0.25) is 5.02 Å². The van der Waals surface area contributed by atoms with Crippen LogP contribution in [0.25, 0.3) is 0 Å². The van der Waals surface area contributed by atoms with E-state index in [0.29, 0.717) is 5.92 Å². The Morgan fingerprint density at radius 3 is 2.80 bits per heavy atom. The van der Waals surface area contributed by atoms with Crippen LogP contribution in [-0.2, 0) is 0 Å². The number of amides is 1. The summed E-state index contributed by atoms with van der Waals surface area (Å²) in [6, 6.07) is 4.38. The van der Waals surface area contributed by atoms with E-state index in [1.165, 1.54) is 31.0 Å². The molecule has 1 saturated carbocycles. The van der Waals surface area contributed by atoms with Gasteiger partial charge in [-0.05, 0) is 24.8 Å². The minimum absolute atomic E-state index is 0.101. The minimum atomic E-state index is -0.583. The van der Waals surface area contributed by atoms with Gasteiger partial charge in [0.05, 0.1) is 10.5 Å². The van der Waals surface area contributed by atoms with E-state index >= 15 is 0 Å². The monoisotopic (exact) mass is 296 g/mol. The molecule has 1 aliphatic carbocycles. The highest BCUT2D eigenvalue weighted by Crippen LogP contribution is 2.34. The minimum Gasteiger partial charge on any atom is -0.349 e. The number of hydrogen-bond acceptors (Lipinski definition) is 3. The van der Waals surface area contributed by atoms with Gasteiger partial charge in [0.1, 0.15) is 5.02 Å². The van der Waals surface area contributed by atoms with Crippen LogP contribution in [0.5, 0.6) is 0 Å². The van der Waals surface area contributed by atoms with Crippen molar-refractivity contribution in [1.29, 1.82) is 0 Å². The molecule has 0 aliphatic heterocycles. The van der Waals surface area contributed by atoms with Crippen molar-refractivity contribution in [1.82, 2.24) is 5.32 Å².